The van der Waals surface area contributed by atoms with Crippen molar-refractivity contribution in [3.63, 3.8) is 0 Å². The number of methoxy groups -OCH3 is 1. The summed E-state index contributed by atoms with van der Waals surface area (Å²) in [4.78, 5) is 25.4. The Hall–Kier alpha value is -4.40. The number of hydrogen-bond acceptors (Lipinski definition) is 12. The van der Waals surface area contributed by atoms with E-state index >= 15 is 0 Å². The molecule has 2 heterocycles. The van der Waals surface area contributed by atoms with Crippen molar-refractivity contribution < 1.29 is 19.1 Å². The quantitative estimate of drug-likeness (QED) is 0.247. The highest BCUT2D eigenvalue weighted by Crippen LogP contribution is 2.26. The standard InChI is InChI=1S/C18H22N10O5/c1-4-26(5-2)10-13-15(21-25-27(13)17-16(19)23-33-24-17)18(29)22-20-9-11-6-7-14(32-3)12(8-11)28(30)31/h6-9H,4-5,10H2,1-3H3,(H2,19,23)(H,22,29). The minimum absolute atomic E-state index is 0.00200. The van der Waals surface area contributed by atoms with Gasteiger partial charge in [0.25, 0.3) is 5.91 Å². The topological polar surface area (TPSA) is 193 Å². The number of rotatable bonds is 10. The molecule has 0 atom stereocenters. The fourth-order valence-electron chi connectivity index (χ4n) is 2.94. The first kappa shape index (κ1) is 23.3. The number of benzene rings is 1. The van der Waals surface area contributed by atoms with E-state index in [9.17, 15) is 14.9 Å². The molecule has 3 aromatic rings. The van der Waals surface area contributed by atoms with Crippen LogP contribution in [-0.4, -0.2) is 67.5 Å². The third-order valence-corrected chi connectivity index (χ3v) is 4.72. The molecule has 174 valence electrons. The molecule has 33 heavy (non-hydrogen) atoms. The highest BCUT2D eigenvalue weighted by atomic mass is 16.6. The van der Waals surface area contributed by atoms with E-state index in [0.29, 0.717) is 30.9 Å². The van der Waals surface area contributed by atoms with Gasteiger partial charge in [-0.25, -0.2) is 10.1 Å². The highest BCUT2D eigenvalue weighted by Gasteiger charge is 2.25. The van der Waals surface area contributed by atoms with Gasteiger partial charge in [0.05, 0.1) is 23.9 Å². The molecule has 0 spiro atoms. The van der Waals surface area contributed by atoms with Crippen LogP contribution in [0, 0.1) is 10.1 Å². The summed E-state index contributed by atoms with van der Waals surface area (Å²) in [7, 11) is 1.34. The number of hydrogen-bond donors (Lipinski definition) is 2. The molecular formula is C18H22N10O5. The first-order valence-corrected chi connectivity index (χ1v) is 9.80. The van der Waals surface area contributed by atoms with E-state index in [1.807, 2.05) is 18.7 Å². The van der Waals surface area contributed by atoms with Gasteiger partial charge < -0.3 is 10.5 Å². The predicted molar refractivity (Wildman–Crippen MR) is 115 cm³/mol. The molecule has 0 unspecified atom stereocenters. The molecule has 15 nitrogen and oxygen atoms in total. The number of carbonyl (C=O) groups excluding carboxylic acids is 1. The average molecular weight is 458 g/mol. The van der Waals surface area contributed by atoms with Gasteiger partial charge in [0, 0.05) is 18.2 Å². The Labute approximate surface area is 187 Å². The number of aromatic nitrogens is 5. The zero-order valence-corrected chi connectivity index (χ0v) is 18.1. The maximum Gasteiger partial charge on any atom is 0.311 e. The Morgan fingerprint density at radius 2 is 2.15 bits per heavy atom. The Bertz CT molecular complexity index is 1170. The van der Waals surface area contributed by atoms with Crippen molar-refractivity contribution in [2.45, 2.75) is 20.4 Å². The number of hydrazone groups is 1. The predicted octanol–water partition coefficient (Wildman–Crippen LogP) is 0.755. The molecule has 1 aromatic carbocycles. The molecule has 0 saturated carbocycles. The number of nitrogens with two attached hydrogens (primary N) is 1. The first-order valence-electron chi connectivity index (χ1n) is 9.80. The number of ether oxygens (including phenoxy) is 1. The molecule has 1 amide bonds. The fourth-order valence-corrected chi connectivity index (χ4v) is 2.94. The van der Waals surface area contributed by atoms with Crippen LogP contribution in [-0.2, 0) is 6.54 Å². The van der Waals surface area contributed by atoms with Gasteiger partial charge in [0.15, 0.2) is 11.4 Å². The van der Waals surface area contributed by atoms with Crippen LogP contribution in [0.2, 0.25) is 0 Å². The van der Waals surface area contributed by atoms with E-state index in [1.54, 1.807) is 6.07 Å². The van der Waals surface area contributed by atoms with Crippen LogP contribution in [0.5, 0.6) is 5.75 Å². The fraction of sp³-hybridized carbons (Fsp3) is 0.333. The second-order valence-corrected chi connectivity index (χ2v) is 6.62. The normalized spacial score (nSPS) is 11.3. The van der Waals surface area contributed by atoms with E-state index in [1.165, 1.54) is 30.1 Å². The van der Waals surface area contributed by atoms with Crippen LogP contribution in [0.25, 0.3) is 5.82 Å². The van der Waals surface area contributed by atoms with Gasteiger partial charge in [-0.3, -0.25) is 19.8 Å². The number of nitro benzene ring substituents is 1. The van der Waals surface area contributed by atoms with Crippen molar-refractivity contribution in [1.82, 2.24) is 35.6 Å². The number of nitrogen functional groups attached to an aromatic ring is 1. The van der Waals surface area contributed by atoms with E-state index in [4.69, 9.17) is 10.5 Å². The lowest BCUT2D eigenvalue weighted by molar-refractivity contribution is -0.385. The maximum absolute atomic E-state index is 12.8. The maximum atomic E-state index is 12.8. The minimum Gasteiger partial charge on any atom is -0.490 e. The van der Waals surface area contributed by atoms with Gasteiger partial charge in [-0.2, -0.15) is 9.78 Å². The van der Waals surface area contributed by atoms with Gasteiger partial charge in [-0.15, -0.1) is 5.10 Å². The smallest absolute Gasteiger partial charge is 0.311 e. The molecule has 3 rings (SSSR count). The summed E-state index contributed by atoms with van der Waals surface area (Å²) in [5.74, 6) is -0.428. The number of nitrogens with one attached hydrogen (secondary N) is 1. The summed E-state index contributed by atoms with van der Waals surface area (Å²) in [6, 6.07) is 4.27. The third-order valence-electron chi connectivity index (χ3n) is 4.72. The van der Waals surface area contributed by atoms with E-state index in [2.05, 4.69) is 35.8 Å². The second kappa shape index (κ2) is 10.3. The monoisotopic (exact) mass is 458 g/mol. The summed E-state index contributed by atoms with van der Waals surface area (Å²) >= 11 is 0. The van der Waals surface area contributed by atoms with Crippen LogP contribution < -0.4 is 15.9 Å². The SMILES string of the molecule is CCN(CC)Cc1c(C(=O)NN=Cc2ccc(OC)c([N+](=O)[O-])c2)nnn1-c1nonc1N. The largest absolute Gasteiger partial charge is 0.490 e. The molecule has 0 aliphatic rings. The molecule has 0 radical (unpaired) electrons. The van der Waals surface area contributed by atoms with Crippen LogP contribution in [0.3, 0.4) is 0 Å². The second-order valence-electron chi connectivity index (χ2n) is 6.62. The zero-order chi connectivity index (χ0) is 24.0. The molecule has 0 saturated heterocycles. The lowest BCUT2D eigenvalue weighted by Crippen LogP contribution is -2.27. The summed E-state index contributed by atoms with van der Waals surface area (Å²) < 4.78 is 10.9. The molecule has 15 heteroatoms. The highest BCUT2D eigenvalue weighted by molar-refractivity contribution is 5.94. The summed E-state index contributed by atoms with van der Waals surface area (Å²) in [6.07, 6.45) is 1.26. The number of nitro groups is 1. The van der Waals surface area contributed by atoms with Crippen molar-refractivity contribution in [3.8, 4) is 11.6 Å². The van der Waals surface area contributed by atoms with Crippen LogP contribution in [0.15, 0.2) is 27.9 Å². The lowest BCUT2D eigenvalue weighted by Gasteiger charge is -2.18. The van der Waals surface area contributed by atoms with Gasteiger partial charge >= 0.3 is 5.69 Å². The Balaban J connectivity index is 1.85. The number of nitrogens with zero attached hydrogens (tertiary/aromatic N) is 8. The number of amides is 1. The van der Waals surface area contributed by atoms with E-state index < -0.39 is 10.8 Å². The minimum atomic E-state index is -0.641. The zero-order valence-electron chi connectivity index (χ0n) is 18.1. The van der Waals surface area contributed by atoms with Gasteiger partial charge in [0.1, 0.15) is 0 Å². The van der Waals surface area contributed by atoms with E-state index in [-0.39, 0.29) is 28.8 Å². The number of carbonyl (C=O) groups is 1. The Kier molecular flexibility index (Phi) is 7.24. The van der Waals surface area contributed by atoms with Crippen molar-refractivity contribution in [1.29, 1.82) is 0 Å². The van der Waals surface area contributed by atoms with E-state index in [0.717, 1.165) is 0 Å². The molecule has 3 N–H and O–H groups in total. The lowest BCUT2D eigenvalue weighted by atomic mass is 10.2. The van der Waals surface area contributed by atoms with Gasteiger partial charge in [0.2, 0.25) is 11.6 Å². The van der Waals surface area contributed by atoms with Crippen molar-refractivity contribution in [2.75, 3.05) is 25.9 Å². The van der Waals surface area contributed by atoms with Gasteiger partial charge in [-0.05, 0) is 35.5 Å². The molecule has 0 bridgehead atoms. The Morgan fingerprint density at radius 1 is 1.39 bits per heavy atom. The molecule has 2 aromatic heterocycles. The summed E-state index contributed by atoms with van der Waals surface area (Å²) in [5, 5.41) is 30.2. The summed E-state index contributed by atoms with van der Waals surface area (Å²) in [6.45, 7) is 5.69. The van der Waals surface area contributed by atoms with Crippen molar-refractivity contribution in [2.24, 2.45) is 5.10 Å². The molecule has 0 aliphatic carbocycles. The van der Waals surface area contributed by atoms with Crippen LogP contribution in [0.1, 0.15) is 35.6 Å². The third kappa shape index (κ3) is 5.09. The first-order chi connectivity index (χ1) is 15.9. The van der Waals surface area contributed by atoms with Crippen molar-refractivity contribution in [3.05, 3.63) is 45.3 Å². The van der Waals surface area contributed by atoms with Crippen molar-refractivity contribution >= 4 is 23.6 Å². The Morgan fingerprint density at radius 3 is 2.76 bits per heavy atom. The molecule has 0 fully saturated rings. The number of anilines is 1. The average Bonchev–Trinajstić information content (AvgIpc) is 3.42. The summed E-state index contributed by atoms with van der Waals surface area (Å²) in [5.41, 5.74) is 8.70. The van der Waals surface area contributed by atoms with Crippen LogP contribution >= 0.6 is 0 Å². The van der Waals surface area contributed by atoms with Crippen LogP contribution in [0.4, 0.5) is 11.5 Å². The molecule has 0 aliphatic heterocycles. The van der Waals surface area contributed by atoms with Gasteiger partial charge in [-0.1, -0.05) is 19.1 Å². The molecular weight excluding hydrogens is 436 g/mol.